The summed E-state index contributed by atoms with van der Waals surface area (Å²) in [6.07, 6.45) is 10.3. The first-order valence-electron chi connectivity index (χ1n) is 17.2. The molecule has 6 rings (SSSR count). The molecule has 0 aliphatic carbocycles. The molecule has 0 spiro atoms. The summed E-state index contributed by atoms with van der Waals surface area (Å²) in [5, 5.41) is 9.31. The highest BCUT2D eigenvalue weighted by atomic mass is 16.5. The summed E-state index contributed by atoms with van der Waals surface area (Å²) in [6, 6.07) is 24.1. The van der Waals surface area contributed by atoms with Gasteiger partial charge in [0.2, 0.25) is 0 Å². The van der Waals surface area contributed by atoms with Crippen molar-refractivity contribution in [3.63, 3.8) is 0 Å². The van der Waals surface area contributed by atoms with E-state index in [1.165, 1.54) is 44.9 Å². The monoisotopic (exact) mass is 642 g/mol. The number of hydrogen-bond donors (Lipinski definition) is 1. The zero-order valence-corrected chi connectivity index (χ0v) is 28.8. The lowest BCUT2D eigenvalue weighted by molar-refractivity contribution is 0.304. The van der Waals surface area contributed by atoms with Crippen LogP contribution in [0.5, 0.6) is 5.75 Å². The predicted molar refractivity (Wildman–Crippen MR) is 192 cm³/mol. The lowest BCUT2D eigenvalue weighted by Gasteiger charge is -2.08. The molecule has 9 heteroatoms. The van der Waals surface area contributed by atoms with Crippen molar-refractivity contribution in [3.05, 3.63) is 95.6 Å². The predicted octanol–water partition coefficient (Wildman–Crippen LogP) is 9.33. The maximum atomic E-state index is 6.08. The van der Waals surface area contributed by atoms with Crippen LogP contribution in [0.25, 0.3) is 45.8 Å². The zero-order chi connectivity index (χ0) is 33.5. The number of rotatable bonds is 15. The summed E-state index contributed by atoms with van der Waals surface area (Å²) in [4.78, 5) is 18.7. The number of ether oxygens (including phenoxy) is 1. The minimum Gasteiger partial charge on any atom is -0.494 e. The van der Waals surface area contributed by atoms with Gasteiger partial charge in [-0.3, -0.25) is 0 Å². The molecule has 6 aromatic rings. The van der Waals surface area contributed by atoms with Crippen molar-refractivity contribution in [2.45, 2.75) is 86.0 Å². The minimum atomic E-state index is 0.710. The molecule has 0 atom stereocenters. The Morgan fingerprint density at radius 2 is 1.19 bits per heavy atom. The Bertz CT molecular complexity index is 1840. The number of H-pyrrole nitrogens is 1. The fraction of sp³-hybridized carbons (Fsp3) is 0.359. The van der Waals surface area contributed by atoms with Crippen molar-refractivity contribution in [2.24, 2.45) is 0 Å². The quantitative estimate of drug-likeness (QED) is 0.112. The van der Waals surface area contributed by atoms with Crippen LogP contribution in [0.1, 0.15) is 81.1 Å². The maximum Gasteiger partial charge on any atom is 0.154 e. The van der Waals surface area contributed by atoms with Crippen LogP contribution >= 0.6 is 0 Å². The second-order valence-corrected chi connectivity index (χ2v) is 12.6. The number of hydrogen-bond acceptors (Lipinski definition) is 6. The molecule has 0 bridgehead atoms. The number of pyridine rings is 2. The number of aryl methyl sites for hydroxylation is 4. The molecule has 0 aliphatic heterocycles. The van der Waals surface area contributed by atoms with E-state index in [4.69, 9.17) is 19.7 Å². The summed E-state index contributed by atoms with van der Waals surface area (Å²) < 4.78 is 9.80. The van der Waals surface area contributed by atoms with Gasteiger partial charge < -0.3 is 9.72 Å². The molecule has 0 radical (unpaired) electrons. The van der Waals surface area contributed by atoms with Crippen molar-refractivity contribution in [2.75, 3.05) is 6.61 Å². The Balaban J connectivity index is 1.27. The molecule has 0 amide bonds. The molecule has 0 aliphatic rings. The molecule has 1 aromatic carbocycles. The van der Waals surface area contributed by atoms with Crippen LogP contribution < -0.4 is 4.74 Å². The highest BCUT2D eigenvalue weighted by Gasteiger charge is 2.19. The molecule has 0 saturated carbocycles. The van der Waals surface area contributed by atoms with Gasteiger partial charge in [0.15, 0.2) is 11.6 Å². The van der Waals surface area contributed by atoms with Crippen molar-refractivity contribution < 1.29 is 4.74 Å². The Labute approximate surface area is 283 Å². The SMILES string of the molecule is CCCCCCCCCCOc1ccc(-c2nc(-c3cccc(-n4nc(C)cc4C)n3)c(-c3cccc(-n4nc(C)cc4C)n3)[nH]2)cc1. The van der Waals surface area contributed by atoms with E-state index in [2.05, 4.69) is 34.2 Å². The smallest absolute Gasteiger partial charge is 0.154 e. The van der Waals surface area contributed by atoms with Gasteiger partial charge in [-0.1, -0.05) is 64.0 Å². The van der Waals surface area contributed by atoms with Crippen molar-refractivity contribution in [1.29, 1.82) is 0 Å². The standard InChI is InChI=1S/C39H46N8O/c1-6-7-8-9-10-11-12-13-24-48-32-22-20-31(21-23-32)39-42-37(33-16-14-18-35(40-33)46-29(4)25-27(2)44-46)38(43-39)34-17-15-19-36(41-34)47-30(5)26-28(3)45-47/h14-23,25-26H,6-13,24H2,1-5H3,(H,42,43). The molecular weight excluding hydrogens is 596 g/mol. The van der Waals surface area contributed by atoms with Gasteiger partial charge in [0.05, 0.1) is 35.1 Å². The molecule has 0 saturated heterocycles. The highest BCUT2D eigenvalue weighted by molar-refractivity contribution is 5.78. The Hall–Kier alpha value is -5.05. The summed E-state index contributed by atoms with van der Waals surface area (Å²) in [6.45, 7) is 11.0. The topological polar surface area (TPSA) is 99.3 Å². The summed E-state index contributed by atoms with van der Waals surface area (Å²) >= 11 is 0. The van der Waals surface area contributed by atoms with Crippen LogP contribution in [0.4, 0.5) is 0 Å². The molecule has 0 unspecified atom stereocenters. The number of benzene rings is 1. The third-order valence-corrected chi connectivity index (χ3v) is 8.52. The van der Waals surface area contributed by atoms with E-state index in [-0.39, 0.29) is 0 Å². The van der Waals surface area contributed by atoms with Crippen LogP contribution in [0.15, 0.2) is 72.8 Å². The summed E-state index contributed by atoms with van der Waals surface area (Å²) in [5.74, 6) is 3.07. The lowest BCUT2D eigenvalue weighted by atomic mass is 10.1. The molecule has 5 heterocycles. The largest absolute Gasteiger partial charge is 0.494 e. The normalized spacial score (nSPS) is 11.4. The van der Waals surface area contributed by atoms with Gasteiger partial charge in [-0.25, -0.2) is 24.3 Å². The van der Waals surface area contributed by atoms with Crippen LogP contribution in [0.3, 0.4) is 0 Å². The third-order valence-electron chi connectivity index (χ3n) is 8.52. The van der Waals surface area contributed by atoms with Gasteiger partial charge >= 0.3 is 0 Å². The molecule has 48 heavy (non-hydrogen) atoms. The van der Waals surface area contributed by atoms with Crippen LogP contribution in [0, 0.1) is 27.7 Å². The number of aromatic amines is 1. The number of aromatic nitrogens is 8. The minimum absolute atomic E-state index is 0.710. The van der Waals surface area contributed by atoms with Crippen molar-refractivity contribution in [3.8, 4) is 51.5 Å². The van der Waals surface area contributed by atoms with E-state index in [1.54, 1.807) is 0 Å². The number of nitrogens with one attached hydrogen (secondary N) is 1. The average Bonchev–Trinajstić information content (AvgIpc) is 3.79. The summed E-state index contributed by atoms with van der Waals surface area (Å²) in [5.41, 5.74) is 7.83. The zero-order valence-electron chi connectivity index (χ0n) is 28.8. The van der Waals surface area contributed by atoms with Crippen LogP contribution in [0.2, 0.25) is 0 Å². The second kappa shape index (κ2) is 15.2. The van der Waals surface area contributed by atoms with E-state index in [0.29, 0.717) is 5.69 Å². The first-order chi connectivity index (χ1) is 23.4. The van der Waals surface area contributed by atoms with Crippen molar-refractivity contribution >= 4 is 0 Å². The van der Waals surface area contributed by atoms with E-state index in [0.717, 1.165) is 81.7 Å². The van der Waals surface area contributed by atoms with Gasteiger partial charge in [-0.15, -0.1) is 0 Å². The molecule has 1 N–H and O–H groups in total. The van der Waals surface area contributed by atoms with Gasteiger partial charge in [-0.05, 0) is 94.8 Å². The van der Waals surface area contributed by atoms with Crippen LogP contribution in [-0.2, 0) is 0 Å². The van der Waals surface area contributed by atoms with E-state index < -0.39 is 0 Å². The Kier molecular flexibility index (Phi) is 10.4. The van der Waals surface area contributed by atoms with Crippen molar-refractivity contribution in [1.82, 2.24) is 39.5 Å². The van der Waals surface area contributed by atoms with Gasteiger partial charge in [0.1, 0.15) is 17.3 Å². The molecule has 9 nitrogen and oxygen atoms in total. The molecular formula is C39H46N8O. The Morgan fingerprint density at radius 1 is 0.625 bits per heavy atom. The fourth-order valence-electron chi connectivity index (χ4n) is 6.09. The molecule has 248 valence electrons. The fourth-order valence-corrected chi connectivity index (χ4v) is 6.09. The van der Waals surface area contributed by atoms with Gasteiger partial charge in [0, 0.05) is 17.0 Å². The first-order valence-corrected chi connectivity index (χ1v) is 17.2. The number of imidazole rings is 1. The lowest BCUT2D eigenvalue weighted by Crippen LogP contribution is -2.04. The molecule has 5 aromatic heterocycles. The van der Waals surface area contributed by atoms with E-state index >= 15 is 0 Å². The summed E-state index contributed by atoms with van der Waals surface area (Å²) in [7, 11) is 0. The average molecular weight is 643 g/mol. The van der Waals surface area contributed by atoms with Gasteiger partial charge in [0.25, 0.3) is 0 Å². The highest BCUT2D eigenvalue weighted by Crippen LogP contribution is 2.33. The van der Waals surface area contributed by atoms with Gasteiger partial charge in [-0.2, -0.15) is 10.2 Å². The van der Waals surface area contributed by atoms with E-state index in [1.807, 2.05) is 97.7 Å². The van der Waals surface area contributed by atoms with E-state index in [9.17, 15) is 0 Å². The number of nitrogens with zero attached hydrogens (tertiary/aromatic N) is 7. The Morgan fingerprint density at radius 3 is 1.77 bits per heavy atom. The van der Waals surface area contributed by atoms with Crippen LogP contribution in [-0.4, -0.2) is 46.1 Å². The second-order valence-electron chi connectivity index (χ2n) is 12.6. The number of unbranched alkanes of at least 4 members (excludes halogenated alkanes) is 7. The first kappa shape index (κ1) is 32.9. The maximum absolute atomic E-state index is 6.08. The molecule has 0 fully saturated rings. The third kappa shape index (κ3) is 7.73.